The smallest absolute Gasteiger partial charge is 0.339 e. The summed E-state index contributed by atoms with van der Waals surface area (Å²) in [6.07, 6.45) is 2.95. The lowest BCUT2D eigenvalue weighted by atomic mass is 10.1. The number of hydrogen-bond acceptors (Lipinski definition) is 7. The maximum Gasteiger partial charge on any atom is 0.339 e. The largest absolute Gasteiger partial charge is 0.465 e. The van der Waals surface area contributed by atoms with Crippen LogP contribution in [0.25, 0.3) is 6.08 Å². The molecule has 3 rings (SSSR count). The fraction of sp³-hybridized carbons (Fsp3) is 0.0588. The number of fused-ring (bicyclic) bond motifs is 1. The van der Waals surface area contributed by atoms with Gasteiger partial charge in [0.1, 0.15) is 29.5 Å². The van der Waals surface area contributed by atoms with Gasteiger partial charge in [0.2, 0.25) is 0 Å². The molecule has 1 aliphatic heterocycles. The summed E-state index contributed by atoms with van der Waals surface area (Å²) in [6.45, 7) is 0. The van der Waals surface area contributed by atoms with E-state index < -0.39 is 5.97 Å². The topological polar surface area (TPSA) is 92.0 Å². The van der Waals surface area contributed by atoms with Crippen LogP contribution in [0, 0.1) is 11.3 Å². The Morgan fingerprint density at radius 3 is 2.92 bits per heavy atom. The minimum absolute atomic E-state index is 0.116. The van der Waals surface area contributed by atoms with Crippen LogP contribution < -0.4 is 9.96 Å². The van der Waals surface area contributed by atoms with Crippen LogP contribution in [0.15, 0.2) is 42.7 Å². The van der Waals surface area contributed by atoms with Gasteiger partial charge in [-0.05, 0) is 36.4 Å². The normalized spacial score (nSPS) is 12.0. The number of methoxy groups -OCH3 is 1. The first-order valence-electron chi connectivity index (χ1n) is 6.89. The highest BCUT2D eigenvalue weighted by molar-refractivity contribution is 5.92. The van der Waals surface area contributed by atoms with Crippen molar-refractivity contribution in [3.8, 4) is 17.6 Å². The first kappa shape index (κ1) is 15.4. The van der Waals surface area contributed by atoms with E-state index >= 15 is 0 Å². The second-order valence-electron chi connectivity index (χ2n) is 4.78. The number of carbonyl (C=O) groups is 1. The summed E-state index contributed by atoms with van der Waals surface area (Å²) in [6, 6.07) is 11.5. The Morgan fingerprint density at radius 2 is 2.17 bits per heavy atom. The van der Waals surface area contributed by atoms with E-state index in [1.807, 2.05) is 6.07 Å². The van der Waals surface area contributed by atoms with Gasteiger partial charge in [0.05, 0.1) is 18.2 Å². The predicted molar refractivity (Wildman–Crippen MR) is 83.4 cm³/mol. The first-order valence-corrected chi connectivity index (χ1v) is 6.89. The number of benzene rings is 2. The third kappa shape index (κ3) is 2.74. The Hall–Kier alpha value is -3.50. The molecule has 0 amide bonds. The van der Waals surface area contributed by atoms with Gasteiger partial charge in [-0.1, -0.05) is 11.3 Å². The molecule has 0 atom stereocenters. The minimum atomic E-state index is -0.623. The third-order valence-electron chi connectivity index (χ3n) is 3.39. The molecule has 0 saturated heterocycles. The van der Waals surface area contributed by atoms with E-state index in [1.54, 1.807) is 30.3 Å². The monoisotopic (exact) mass is 324 g/mol. The molecule has 7 heteroatoms. The summed E-state index contributed by atoms with van der Waals surface area (Å²) >= 11 is 0. The molecule has 0 unspecified atom stereocenters. The molecule has 1 N–H and O–H groups in total. The van der Waals surface area contributed by atoms with Gasteiger partial charge in [0, 0.05) is 5.56 Å². The van der Waals surface area contributed by atoms with Gasteiger partial charge in [-0.3, -0.25) is 5.21 Å². The summed E-state index contributed by atoms with van der Waals surface area (Å²) in [4.78, 5) is 16.6. The van der Waals surface area contributed by atoms with Crippen LogP contribution in [0.2, 0.25) is 0 Å². The van der Waals surface area contributed by atoms with Crippen LogP contribution >= 0.6 is 0 Å². The average molecular weight is 324 g/mol. The number of rotatable bonds is 3. The number of nitrogens with zero attached hydrogens (tertiary/aromatic N) is 2. The molecule has 0 aliphatic carbocycles. The van der Waals surface area contributed by atoms with E-state index in [1.165, 1.54) is 25.5 Å². The van der Waals surface area contributed by atoms with Crippen LogP contribution in [0.3, 0.4) is 0 Å². The second kappa shape index (κ2) is 6.32. The van der Waals surface area contributed by atoms with Crippen molar-refractivity contribution in [1.82, 2.24) is 0 Å². The molecule has 2 aromatic rings. The fourth-order valence-electron chi connectivity index (χ4n) is 2.26. The Kier molecular flexibility index (Phi) is 4.05. The van der Waals surface area contributed by atoms with Crippen LogP contribution in [0.5, 0.6) is 11.5 Å². The van der Waals surface area contributed by atoms with Crippen molar-refractivity contribution in [2.45, 2.75) is 0 Å². The van der Waals surface area contributed by atoms with E-state index in [-0.39, 0.29) is 11.1 Å². The van der Waals surface area contributed by atoms with Gasteiger partial charge < -0.3 is 14.3 Å². The lowest BCUT2D eigenvalue weighted by molar-refractivity contribution is 0.0133. The Balaban J connectivity index is 1.99. The molecule has 120 valence electrons. The molecule has 24 heavy (non-hydrogen) atoms. The molecule has 1 heterocycles. The van der Waals surface area contributed by atoms with Crippen molar-refractivity contribution in [1.29, 1.82) is 5.26 Å². The summed E-state index contributed by atoms with van der Waals surface area (Å²) in [5.41, 5.74) is 1.33. The average Bonchev–Trinajstić information content (AvgIpc) is 2.62. The highest BCUT2D eigenvalue weighted by Gasteiger charge is 2.18. The summed E-state index contributed by atoms with van der Waals surface area (Å²) in [5.74, 6) is 0.181. The van der Waals surface area contributed by atoms with Gasteiger partial charge in [-0.15, -0.1) is 0 Å². The maximum absolute atomic E-state index is 11.8. The molecule has 1 aliphatic rings. The zero-order chi connectivity index (χ0) is 17.1. The minimum Gasteiger partial charge on any atom is -0.465 e. The maximum atomic E-state index is 11.8. The number of nitriles is 1. The predicted octanol–water partition coefficient (Wildman–Crippen LogP) is 3.25. The van der Waals surface area contributed by atoms with E-state index in [2.05, 4.69) is 4.74 Å². The summed E-state index contributed by atoms with van der Waals surface area (Å²) < 4.78 is 10.5. The Bertz CT molecular complexity index is 870. The lowest BCUT2D eigenvalue weighted by Crippen LogP contribution is -2.18. The summed E-state index contributed by atoms with van der Waals surface area (Å²) in [7, 11) is 1.24. The molecule has 0 saturated carbocycles. The molecule has 0 aromatic heterocycles. The highest BCUT2D eigenvalue weighted by atomic mass is 16.9. The van der Waals surface area contributed by atoms with E-state index in [0.717, 1.165) is 0 Å². The molecule has 0 bridgehead atoms. The number of carbonyl (C=O) groups excluding carboxylic acids is 1. The van der Waals surface area contributed by atoms with Crippen molar-refractivity contribution in [2.24, 2.45) is 0 Å². The lowest BCUT2D eigenvalue weighted by Gasteiger charge is -2.22. The molecule has 2 aromatic carbocycles. The van der Waals surface area contributed by atoms with E-state index in [0.29, 0.717) is 28.0 Å². The van der Waals surface area contributed by atoms with Crippen molar-refractivity contribution in [2.75, 3.05) is 12.3 Å². The molecular weight excluding hydrogens is 312 g/mol. The SMILES string of the molecule is COC(=O)c1cc(Oc2cccc3c2C=CON3O)ccc1C#N. The van der Waals surface area contributed by atoms with Gasteiger partial charge in [-0.25, -0.2) is 4.79 Å². The zero-order valence-electron chi connectivity index (χ0n) is 12.6. The van der Waals surface area contributed by atoms with Crippen molar-refractivity contribution < 1.29 is 24.3 Å². The van der Waals surface area contributed by atoms with E-state index in [4.69, 9.17) is 14.8 Å². The second-order valence-corrected chi connectivity index (χ2v) is 4.78. The van der Waals surface area contributed by atoms with Crippen LogP contribution in [-0.2, 0) is 9.57 Å². The number of esters is 1. The summed E-state index contributed by atoms with van der Waals surface area (Å²) in [5, 5.41) is 19.4. The zero-order valence-corrected chi connectivity index (χ0v) is 12.6. The molecule has 0 fully saturated rings. The molecule has 7 nitrogen and oxygen atoms in total. The molecule has 0 radical (unpaired) electrons. The van der Waals surface area contributed by atoms with Crippen molar-refractivity contribution in [3.63, 3.8) is 0 Å². The van der Waals surface area contributed by atoms with Crippen LogP contribution in [0.1, 0.15) is 21.5 Å². The third-order valence-corrected chi connectivity index (χ3v) is 3.39. The Labute approximate surface area is 137 Å². The number of ether oxygens (including phenoxy) is 2. The van der Waals surface area contributed by atoms with Crippen LogP contribution in [-0.4, -0.2) is 18.3 Å². The standard InChI is InChI=1S/C17H12N2O5/c1-22-17(20)14-9-12(6-5-11(14)10-18)24-16-4-2-3-15-13(16)7-8-23-19(15)21/h2-9,21H,1H3. The molecular formula is C17H12N2O5. The van der Waals surface area contributed by atoms with Crippen molar-refractivity contribution >= 4 is 17.7 Å². The van der Waals surface area contributed by atoms with Gasteiger partial charge >= 0.3 is 5.97 Å². The van der Waals surface area contributed by atoms with Gasteiger partial charge in [0.25, 0.3) is 0 Å². The number of anilines is 1. The Morgan fingerprint density at radius 1 is 1.33 bits per heavy atom. The van der Waals surface area contributed by atoms with E-state index in [9.17, 15) is 10.0 Å². The van der Waals surface area contributed by atoms with Gasteiger partial charge in [-0.2, -0.15) is 5.26 Å². The first-order chi connectivity index (χ1) is 11.6. The van der Waals surface area contributed by atoms with Crippen molar-refractivity contribution in [3.05, 3.63) is 59.4 Å². The fourth-order valence-corrected chi connectivity index (χ4v) is 2.26. The highest BCUT2D eigenvalue weighted by Crippen LogP contribution is 2.36. The molecule has 0 spiro atoms. The number of hydrogen-bond donors (Lipinski definition) is 1. The quantitative estimate of drug-likeness (QED) is 0.866. The van der Waals surface area contributed by atoms with Crippen LogP contribution in [0.4, 0.5) is 5.69 Å². The van der Waals surface area contributed by atoms with Gasteiger partial charge in [0.15, 0.2) is 0 Å².